The summed E-state index contributed by atoms with van der Waals surface area (Å²) >= 11 is 0. The number of rotatable bonds is 1. The van der Waals surface area contributed by atoms with Gasteiger partial charge in [0.25, 0.3) is 0 Å². The average Bonchev–Trinajstić information content (AvgIpc) is 2.38. The van der Waals surface area contributed by atoms with E-state index in [-0.39, 0.29) is 16.9 Å². The van der Waals surface area contributed by atoms with E-state index in [1.54, 1.807) is 0 Å². The van der Waals surface area contributed by atoms with Crippen LogP contribution in [0.2, 0.25) is 0 Å². The van der Waals surface area contributed by atoms with E-state index in [2.05, 4.69) is 4.98 Å². The first-order chi connectivity index (χ1) is 8.91. The molecule has 0 atom stereocenters. The Labute approximate surface area is 107 Å². The van der Waals surface area contributed by atoms with Gasteiger partial charge in [-0.05, 0) is 30.3 Å². The van der Waals surface area contributed by atoms with Gasteiger partial charge in [0.05, 0.1) is 5.56 Å². The second-order valence-electron chi connectivity index (χ2n) is 3.84. The van der Waals surface area contributed by atoms with Gasteiger partial charge in [0, 0.05) is 23.0 Å². The van der Waals surface area contributed by atoms with Gasteiger partial charge in [0.1, 0.15) is 11.8 Å². The lowest BCUT2D eigenvalue weighted by Crippen LogP contribution is -2.05. The van der Waals surface area contributed by atoms with Gasteiger partial charge in [0.15, 0.2) is 0 Å². The molecule has 1 heterocycles. The zero-order chi connectivity index (χ0) is 14.0. The zero-order valence-corrected chi connectivity index (χ0v) is 9.57. The van der Waals surface area contributed by atoms with Crippen LogP contribution in [0.4, 0.5) is 18.9 Å². The van der Waals surface area contributed by atoms with Crippen molar-refractivity contribution in [3.63, 3.8) is 0 Å². The molecule has 0 amide bonds. The fraction of sp³-hybridized carbons (Fsp3) is 0.0769. The Kier molecular flexibility index (Phi) is 3.13. The molecule has 0 fully saturated rings. The number of nitrogens with two attached hydrogens (primary N) is 1. The number of anilines is 1. The molecule has 0 saturated carbocycles. The molecule has 0 aliphatic carbocycles. The van der Waals surface area contributed by atoms with Gasteiger partial charge < -0.3 is 5.73 Å². The van der Waals surface area contributed by atoms with Crippen molar-refractivity contribution >= 4 is 5.69 Å². The Morgan fingerprint density at radius 1 is 1.16 bits per heavy atom. The summed E-state index contributed by atoms with van der Waals surface area (Å²) in [5.41, 5.74) is 5.98. The number of alkyl halides is 3. The van der Waals surface area contributed by atoms with Crippen molar-refractivity contribution in [2.45, 2.75) is 6.18 Å². The number of nitrogen functional groups attached to an aromatic ring is 1. The Hall–Kier alpha value is -2.55. The minimum atomic E-state index is -4.43. The van der Waals surface area contributed by atoms with Crippen LogP contribution in [0.25, 0.3) is 11.1 Å². The summed E-state index contributed by atoms with van der Waals surface area (Å²) in [5, 5.41) is 8.62. The number of pyridine rings is 1. The predicted molar refractivity (Wildman–Crippen MR) is 63.8 cm³/mol. The lowest BCUT2D eigenvalue weighted by atomic mass is 10.0. The highest BCUT2D eigenvalue weighted by Gasteiger charge is 2.30. The zero-order valence-electron chi connectivity index (χ0n) is 9.57. The van der Waals surface area contributed by atoms with Gasteiger partial charge >= 0.3 is 6.18 Å². The van der Waals surface area contributed by atoms with Crippen molar-refractivity contribution in [2.24, 2.45) is 0 Å². The molecule has 1 aromatic heterocycles. The number of aromatic nitrogens is 1. The molecule has 0 spiro atoms. The molecule has 6 heteroatoms. The predicted octanol–water partition coefficient (Wildman–Crippen LogP) is 3.22. The molecule has 0 aliphatic rings. The number of nitriles is 1. The van der Waals surface area contributed by atoms with E-state index in [4.69, 9.17) is 11.0 Å². The first-order valence-electron chi connectivity index (χ1n) is 5.25. The first kappa shape index (κ1) is 12.9. The van der Waals surface area contributed by atoms with Gasteiger partial charge in [0.2, 0.25) is 0 Å². The molecule has 0 bridgehead atoms. The Bertz CT molecular complexity index is 640. The summed E-state index contributed by atoms with van der Waals surface area (Å²) in [6.45, 7) is 0. The second kappa shape index (κ2) is 4.61. The SMILES string of the molecule is N#Cc1ccc(-c2cc(C(F)(F)F)ccc2N)cn1. The lowest BCUT2D eigenvalue weighted by molar-refractivity contribution is -0.137. The van der Waals surface area contributed by atoms with Crippen LogP contribution in [-0.2, 0) is 6.18 Å². The van der Waals surface area contributed by atoms with E-state index in [0.29, 0.717) is 5.56 Å². The summed E-state index contributed by atoms with van der Waals surface area (Å²) in [4.78, 5) is 3.81. The average molecular weight is 263 g/mol. The number of hydrogen-bond donors (Lipinski definition) is 1. The van der Waals surface area contributed by atoms with Gasteiger partial charge in [-0.3, -0.25) is 0 Å². The topological polar surface area (TPSA) is 62.7 Å². The Morgan fingerprint density at radius 3 is 2.42 bits per heavy atom. The minimum absolute atomic E-state index is 0.189. The van der Waals surface area contributed by atoms with Crippen molar-refractivity contribution in [2.75, 3.05) is 5.73 Å². The molecular weight excluding hydrogens is 255 g/mol. The summed E-state index contributed by atoms with van der Waals surface area (Å²) < 4.78 is 37.9. The van der Waals surface area contributed by atoms with E-state index < -0.39 is 11.7 Å². The third-order valence-electron chi connectivity index (χ3n) is 2.57. The van der Waals surface area contributed by atoms with Crippen molar-refractivity contribution in [1.29, 1.82) is 5.26 Å². The smallest absolute Gasteiger partial charge is 0.398 e. The molecule has 96 valence electrons. The van der Waals surface area contributed by atoms with Gasteiger partial charge in [-0.25, -0.2) is 4.98 Å². The van der Waals surface area contributed by atoms with E-state index in [9.17, 15) is 13.2 Å². The van der Waals surface area contributed by atoms with Crippen LogP contribution in [0.1, 0.15) is 11.3 Å². The molecule has 0 radical (unpaired) electrons. The minimum Gasteiger partial charge on any atom is -0.398 e. The Balaban J connectivity index is 2.52. The molecule has 2 rings (SSSR count). The summed E-state index contributed by atoms with van der Waals surface area (Å²) in [6, 6.07) is 7.87. The van der Waals surface area contributed by atoms with Crippen molar-refractivity contribution in [3.8, 4) is 17.2 Å². The third-order valence-corrected chi connectivity index (χ3v) is 2.57. The highest BCUT2D eigenvalue weighted by Crippen LogP contribution is 2.34. The molecule has 19 heavy (non-hydrogen) atoms. The first-order valence-corrected chi connectivity index (χ1v) is 5.25. The molecular formula is C13H8F3N3. The molecule has 1 aromatic carbocycles. The van der Waals surface area contributed by atoms with Gasteiger partial charge in [-0.2, -0.15) is 18.4 Å². The summed E-state index contributed by atoms with van der Waals surface area (Å²) in [5.74, 6) is 0. The molecule has 0 unspecified atom stereocenters. The molecule has 2 aromatic rings. The number of benzene rings is 1. The maximum atomic E-state index is 12.6. The van der Waals surface area contributed by atoms with Crippen LogP contribution in [0.15, 0.2) is 36.5 Å². The van der Waals surface area contributed by atoms with E-state index in [1.165, 1.54) is 24.4 Å². The van der Waals surface area contributed by atoms with Crippen LogP contribution in [-0.4, -0.2) is 4.98 Å². The maximum absolute atomic E-state index is 12.6. The van der Waals surface area contributed by atoms with Crippen LogP contribution in [0.5, 0.6) is 0 Å². The van der Waals surface area contributed by atoms with E-state index >= 15 is 0 Å². The quantitative estimate of drug-likeness (QED) is 0.803. The normalized spacial score (nSPS) is 11.1. The lowest BCUT2D eigenvalue weighted by Gasteiger charge is -2.11. The van der Waals surface area contributed by atoms with Crippen LogP contribution >= 0.6 is 0 Å². The fourth-order valence-electron chi connectivity index (χ4n) is 1.60. The van der Waals surface area contributed by atoms with Crippen molar-refractivity contribution in [1.82, 2.24) is 4.98 Å². The third kappa shape index (κ3) is 2.65. The van der Waals surface area contributed by atoms with E-state index in [0.717, 1.165) is 12.1 Å². The number of nitrogens with zero attached hydrogens (tertiary/aromatic N) is 2. The molecule has 0 saturated heterocycles. The fourth-order valence-corrected chi connectivity index (χ4v) is 1.60. The summed E-state index contributed by atoms with van der Waals surface area (Å²) in [7, 11) is 0. The van der Waals surface area contributed by atoms with Gasteiger partial charge in [-0.1, -0.05) is 0 Å². The number of hydrogen-bond acceptors (Lipinski definition) is 3. The van der Waals surface area contributed by atoms with Crippen molar-refractivity contribution < 1.29 is 13.2 Å². The second-order valence-corrected chi connectivity index (χ2v) is 3.84. The standard InChI is InChI=1S/C13H8F3N3/c14-13(15,16)9-2-4-12(18)11(5-9)8-1-3-10(6-17)19-7-8/h1-5,7H,18H2. The molecule has 2 N–H and O–H groups in total. The monoisotopic (exact) mass is 263 g/mol. The largest absolute Gasteiger partial charge is 0.416 e. The van der Waals surface area contributed by atoms with Crippen LogP contribution in [0.3, 0.4) is 0 Å². The highest BCUT2D eigenvalue weighted by molar-refractivity contribution is 5.76. The number of halogens is 3. The van der Waals surface area contributed by atoms with Crippen LogP contribution < -0.4 is 5.73 Å². The van der Waals surface area contributed by atoms with E-state index in [1.807, 2.05) is 6.07 Å². The van der Waals surface area contributed by atoms with Gasteiger partial charge in [-0.15, -0.1) is 0 Å². The molecule has 3 nitrogen and oxygen atoms in total. The maximum Gasteiger partial charge on any atom is 0.416 e. The van der Waals surface area contributed by atoms with Crippen molar-refractivity contribution in [3.05, 3.63) is 47.8 Å². The molecule has 0 aliphatic heterocycles. The van der Waals surface area contributed by atoms with Crippen LogP contribution in [0, 0.1) is 11.3 Å². The Morgan fingerprint density at radius 2 is 1.89 bits per heavy atom. The highest BCUT2D eigenvalue weighted by atomic mass is 19.4. The summed E-state index contributed by atoms with van der Waals surface area (Å²) in [6.07, 6.45) is -3.10.